The quantitative estimate of drug-likeness (QED) is 0.783. The fraction of sp³-hybridized carbons (Fsp3) is 0.263. The number of rotatable bonds is 5. The topological polar surface area (TPSA) is 76.6 Å². The number of aromatic nitrogens is 1. The first-order valence-corrected chi connectivity index (χ1v) is 8.12. The minimum atomic E-state index is -0.706. The maximum Gasteiger partial charge on any atom is 0.363 e. The predicted octanol–water partition coefficient (Wildman–Crippen LogP) is 2.40. The molecule has 2 heterocycles. The third-order valence-corrected chi connectivity index (χ3v) is 4.14. The molecule has 2 amide bonds. The lowest BCUT2D eigenvalue weighted by Crippen LogP contribution is -2.32. The highest BCUT2D eigenvalue weighted by molar-refractivity contribution is 6.02. The Kier molecular flexibility index (Phi) is 4.88. The van der Waals surface area contributed by atoms with Gasteiger partial charge >= 0.3 is 5.97 Å². The molecule has 1 aromatic heterocycles. The molecule has 0 N–H and O–H groups in total. The van der Waals surface area contributed by atoms with Gasteiger partial charge in [-0.25, -0.2) is 4.79 Å². The molecule has 0 saturated carbocycles. The number of aryl methyl sites for hydroxylation is 3. The Bertz CT molecular complexity index is 801. The second-order valence-electron chi connectivity index (χ2n) is 5.92. The largest absolute Gasteiger partial charge is 0.363 e. The van der Waals surface area contributed by atoms with Gasteiger partial charge in [0.2, 0.25) is 0 Å². The van der Waals surface area contributed by atoms with Crippen LogP contribution in [-0.2, 0) is 27.3 Å². The van der Waals surface area contributed by atoms with Gasteiger partial charge in [0, 0.05) is 24.7 Å². The first-order chi connectivity index (χ1) is 12.0. The molecule has 0 spiro atoms. The minimum Gasteiger partial charge on any atom is -0.325 e. The summed E-state index contributed by atoms with van der Waals surface area (Å²) in [5.74, 6) is -1.68. The van der Waals surface area contributed by atoms with Crippen molar-refractivity contribution in [2.45, 2.75) is 32.6 Å². The molecule has 6 heteroatoms. The van der Waals surface area contributed by atoms with Gasteiger partial charge in [-0.05, 0) is 55.2 Å². The van der Waals surface area contributed by atoms with Gasteiger partial charge in [0.25, 0.3) is 11.8 Å². The lowest BCUT2D eigenvalue weighted by atomic mass is 10.00. The van der Waals surface area contributed by atoms with E-state index < -0.39 is 17.8 Å². The summed E-state index contributed by atoms with van der Waals surface area (Å²) in [6, 6.07) is 11.0. The highest BCUT2D eigenvalue weighted by atomic mass is 16.7. The van der Waals surface area contributed by atoms with Crippen LogP contribution in [0.3, 0.4) is 0 Å². The van der Waals surface area contributed by atoms with E-state index in [0.29, 0.717) is 10.6 Å². The molecule has 128 valence electrons. The maximum absolute atomic E-state index is 12.2. The summed E-state index contributed by atoms with van der Waals surface area (Å²) in [4.78, 5) is 44.6. The molecule has 1 aliphatic heterocycles. The Hall–Kier alpha value is -3.02. The van der Waals surface area contributed by atoms with Gasteiger partial charge < -0.3 is 4.84 Å². The number of pyridine rings is 1. The van der Waals surface area contributed by atoms with E-state index in [0.717, 1.165) is 29.7 Å². The monoisotopic (exact) mass is 338 g/mol. The van der Waals surface area contributed by atoms with Gasteiger partial charge in [0.15, 0.2) is 0 Å². The van der Waals surface area contributed by atoms with Crippen LogP contribution in [0.4, 0.5) is 0 Å². The van der Waals surface area contributed by atoms with Crippen molar-refractivity contribution in [2.75, 3.05) is 0 Å². The molecule has 1 saturated heterocycles. The molecule has 3 rings (SSSR count). The number of amides is 2. The lowest BCUT2D eigenvalue weighted by Gasteiger charge is -2.13. The van der Waals surface area contributed by atoms with Crippen LogP contribution in [0, 0.1) is 6.92 Å². The normalized spacial score (nSPS) is 14.0. The van der Waals surface area contributed by atoms with Gasteiger partial charge in [-0.15, -0.1) is 5.06 Å². The number of benzene rings is 1. The Morgan fingerprint density at radius 2 is 1.88 bits per heavy atom. The fourth-order valence-corrected chi connectivity index (χ4v) is 2.67. The van der Waals surface area contributed by atoms with Crippen molar-refractivity contribution in [1.29, 1.82) is 0 Å². The van der Waals surface area contributed by atoms with Gasteiger partial charge in [-0.2, -0.15) is 0 Å². The number of hydrogen-bond donors (Lipinski definition) is 0. The highest BCUT2D eigenvalue weighted by Gasteiger charge is 2.33. The SMILES string of the molecule is Cc1ccc(C(=O)ON2C(=O)CCC2=O)cc1CCc1ccccn1. The van der Waals surface area contributed by atoms with Crippen LogP contribution in [-0.4, -0.2) is 27.8 Å². The van der Waals surface area contributed by atoms with E-state index >= 15 is 0 Å². The van der Waals surface area contributed by atoms with Gasteiger partial charge in [0.05, 0.1) is 5.56 Å². The number of carbonyl (C=O) groups excluding carboxylic acids is 3. The Labute approximate surface area is 145 Å². The number of nitrogens with zero attached hydrogens (tertiary/aromatic N) is 2. The van der Waals surface area contributed by atoms with Crippen molar-refractivity contribution in [3.63, 3.8) is 0 Å². The number of hydrogen-bond acceptors (Lipinski definition) is 5. The number of imide groups is 1. The zero-order valence-corrected chi connectivity index (χ0v) is 13.9. The fourth-order valence-electron chi connectivity index (χ4n) is 2.67. The van der Waals surface area contributed by atoms with E-state index in [1.165, 1.54) is 0 Å². The third kappa shape index (κ3) is 3.91. The Balaban J connectivity index is 1.71. The molecule has 0 bridgehead atoms. The van der Waals surface area contributed by atoms with Crippen molar-refractivity contribution in [2.24, 2.45) is 0 Å². The van der Waals surface area contributed by atoms with E-state index in [9.17, 15) is 14.4 Å². The molecule has 0 atom stereocenters. The van der Waals surface area contributed by atoms with Gasteiger partial charge in [-0.3, -0.25) is 14.6 Å². The molecule has 2 aromatic rings. The zero-order chi connectivity index (χ0) is 17.8. The Morgan fingerprint density at radius 3 is 2.56 bits per heavy atom. The maximum atomic E-state index is 12.2. The summed E-state index contributed by atoms with van der Waals surface area (Å²) in [5.41, 5.74) is 3.34. The summed E-state index contributed by atoms with van der Waals surface area (Å²) in [6.45, 7) is 1.97. The van der Waals surface area contributed by atoms with E-state index in [4.69, 9.17) is 4.84 Å². The molecule has 0 aliphatic carbocycles. The molecule has 0 unspecified atom stereocenters. The van der Waals surface area contributed by atoms with Crippen molar-refractivity contribution in [1.82, 2.24) is 10.0 Å². The molecular weight excluding hydrogens is 320 g/mol. The lowest BCUT2D eigenvalue weighted by molar-refractivity contribution is -0.172. The summed E-state index contributed by atoms with van der Waals surface area (Å²) in [6.07, 6.45) is 3.39. The van der Waals surface area contributed by atoms with E-state index in [2.05, 4.69) is 4.98 Å². The van der Waals surface area contributed by atoms with Crippen LogP contribution in [0.15, 0.2) is 42.6 Å². The molecule has 25 heavy (non-hydrogen) atoms. The van der Waals surface area contributed by atoms with Crippen LogP contribution < -0.4 is 0 Å². The predicted molar refractivity (Wildman–Crippen MR) is 89.3 cm³/mol. The van der Waals surface area contributed by atoms with Crippen LogP contribution >= 0.6 is 0 Å². The van der Waals surface area contributed by atoms with Crippen LogP contribution in [0.1, 0.15) is 40.0 Å². The first kappa shape index (κ1) is 16.8. The second kappa shape index (κ2) is 7.25. The molecule has 0 radical (unpaired) electrons. The molecule has 1 fully saturated rings. The standard InChI is InChI=1S/C19H18N2O4/c1-13-5-6-15(19(24)25-21-17(22)9-10-18(21)23)12-14(13)7-8-16-4-2-3-11-20-16/h2-6,11-12H,7-10H2,1H3. The summed E-state index contributed by atoms with van der Waals surface area (Å²) < 4.78 is 0. The highest BCUT2D eigenvalue weighted by Crippen LogP contribution is 2.17. The summed E-state index contributed by atoms with van der Waals surface area (Å²) >= 11 is 0. The van der Waals surface area contributed by atoms with E-state index in [-0.39, 0.29) is 12.8 Å². The summed E-state index contributed by atoms with van der Waals surface area (Å²) in [5, 5.41) is 0.565. The van der Waals surface area contributed by atoms with Crippen LogP contribution in [0.25, 0.3) is 0 Å². The molecular formula is C19H18N2O4. The molecule has 1 aromatic carbocycles. The Morgan fingerprint density at radius 1 is 1.12 bits per heavy atom. The zero-order valence-electron chi connectivity index (χ0n) is 13.9. The van der Waals surface area contributed by atoms with Crippen molar-refractivity contribution in [3.05, 3.63) is 65.0 Å². The van der Waals surface area contributed by atoms with Crippen molar-refractivity contribution < 1.29 is 19.2 Å². The van der Waals surface area contributed by atoms with E-state index in [1.54, 1.807) is 18.3 Å². The average Bonchev–Trinajstić information content (AvgIpc) is 2.94. The van der Waals surface area contributed by atoms with E-state index in [1.807, 2.05) is 31.2 Å². The van der Waals surface area contributed by atoms with Gasteiger partial charge in [-0.1, -0.05) is 12.1 Å². The average molecular weight is 338 g/mol. The van der Waals surface area contributed by atoms with Crippen molar-refractivity contribution >= 4 is 17.8 Å². The van der Waals surface area contributed by atoms with Crippen molar-refractivity contribution in [3.8, 4) is 0 Å². The first-order valence-electron chi connectivity index (χ1n) is 8.12. The third-order valence-electron chi connectivity index (χ3n) is 4.14. The number of carbonyl (C=O) groups is 3. The number of hydroxylamine groups is 2. The summed E-state index contributed by atoms with van der Waals surface area (Å²) in [7, 11) is 0. The van der Waals surface area contributed by atoms with Crippen LogP contribution in [0.2, 0.25) is 0 Å². The minimum absolute atomic E-state index is 0.0787. The smallest absolute Gasteiger partial charge is 0.325 e. The molecule has 6 nitrogen and oxygen atoms in total. The van der Waals surface area contributed by atoms with Crippen LogP contribution in [0.5, 0.6) is 0 Å². The second-order valence-corrected chi connectivity index (χ2v) is 5.92. The van der Waals surface area contributed by atoms with Gasteiger partial charge in [0.1, 0.15) is 0 Å². The molecule has 1 aliphatic rings.